The Balaban J connectivity index is 2.22. The van der Waals surface area contributed by atoms with Crippen LogP contribution in [-0.2, 0) is 0 Å². The Morgan fingerprint density at radius 2 is 1.88 bits per heavy atom. The van der Waals surface area contributed by atoms with E-state index in [9.17, 15) is 0 Å². The molecule has 2 aromatic carbocycles. The lowest BCUT2D eigenvalue weighted by Crippen LogP contribution is -2.07. The van der Waals surface area contributed by atoms with Gasteiger partial charge in [-0.15, -0.1) is 0 Å². The summed E-state index contributed by atoms with van der Waals surface area (Å²) in [5, 5.41) is 0. The highest BCUT2D eigenvalue weighted by molar-refractivity contribution is 9.10. The standard InChI is InChI=1S/C13H13BrN2O/c1-9-7-12(5-6-13(9)16-15)17-11-4-2-3-10(14)8-11/h2-8,16H,15H2,1H3. The smallest absolute Gasteiger partial charge is 0.128 e. The molecule has 0 aliphatic rings. The summed E-state index contributed by atoms with van der Waals surface area (Å²) in [5.41, 5.74) is 4.57. The summed E-state index contributed by atoms with van der Waals surface area (Å²) in [6, 6.07) is 13.4. The van der Waals surface area contributed by atoms with E-state index in [0.29, 0.717) is 0 Å². The van der Waals surface area contributed by atoms with Gasteiger partial charge in [0.25, 0.3) is 0 Å². The molecular formula is C13H13BrN2O. The molecular weight excluding hydrogens is 280 g/mol. The third kappa shape index (κ3) is 2.99. The van der Waals surface area contributed by atoms with E-state index in [1.165, 1.54) is 0 Å². The van der Waals surface area contributed by atoms with E-state index in [2.05, 4.69) is 21.4 Å². The van der Waals surface area contributed by atoms with Gasteiger partial charge in [0.2, 0.25) is 0 Å². The van der Waals surface area contributed by atoms with Crippen LogP contribution in [0.4, 0.5) is 5.69 Å². The predicted molar refractivity (Wildman–Crippen MR) is 73.2 cm³/mol. The van der Waals surface area contributed by atoms with Gasteiger partial charge in [0.05, 0.1) is 5.69 Å². The first-order valence-corrected chi connectivity index (χ1v) is 5.99. The molecule has 0 unspecified atom stereocenters. The van der Waals surface area contributed by atoms with Crippen LogP contribution in [0, 0.1) is 6.92 Å². The van der Waals surface area contributed by atoms with Crippen LogP contribution in [0.2, 0.25) is 0 Å². The lowest BCUT2D eigenvalue weighted by molar-refractivity contribution is 0.482. The Labute approximate surface area is 109 Å². The zero-order chi connectivity index (χ0) is 12.3. The number of rotatable bonds is 3. The van der Waals surface area contributed by atoms with Crippen molar-refractivity contribution in [2.45, 2.75) is 6.92 Å². The minimum absolute atomic E-state index is 0.791. The van der Waals surface area contributed by atoms with Crippen molar-refractivity contribution in [3.63, 3.8) is 0 Å². The van der Waals surface area contributed by atoms with E-state index in [1.807, 2.05) is 49.4 Å². The molecule has 0 saturated heterocycles. The van der Waals surface area contributed by atoms with Crippen LogP contribution in [-0.4, -0.2) is 0 Å². The number of aryl methyl sites for hydroxylation is 1. The fourth-order valence-electron chi connectivity index (χ4n) is 1.53. The molecule has 3 N–H and O–H groups in total. The molecule has 0 atom stereocenters. The Kier molecular flexibility index (Phi) is 3.66. The second-order valence-corrected chi connectivity index (χ2v) is 4.60. The fourth-order valence-corrected chi connectivity index (χ4v) is 1.91. The highest BCUT2D eigenvalue weighted by Gasteiger charge is 2.01. The van der Waals surface area contributed by atoms with Gasteiger partial charge in [-0.2, -0.15) is 0 Å². The Hall–Kier alpha value is -1.52. The maximum atomic E-state index is 5.74. The normalized spacial score (nSPS) is 10.1. The van der Waals surface area contributed by atoms with Crippen LogP contribution in [0.3, 0.4) is 0 Å². The van der Waals surface area contributed by atoms with Crippen LogP contribution in [0.25, 0.3) is 0 Å². The van der Waals surface area contributed by atoms with Gasteiger partial charge >= 0.3 is 0 Å². The van der Waals surface area contributed by atoms with Crippen LogP contribution in [0.5, 0.6) is 11.5 Å². The van der Waals surface area contributed by atoms with Gasteiger partial charge in [-0.1, -0.05) is 22.0 Å². The molecule has 0 heterocycles. The molecule has 0 aliphatic carbocycles. The molecule has 2 rings (SSSR count). The summed E-state index contributed by atoms with van der Waals surface area (Å²) in [4.78, 5) is 0. The van der Waals surface area contributed by atoms with E-state index in [-0.39, 0.29) is 0 Å². The molecule has 88 valence electrons. The number of benzene rings is 2. The van der Waals surface area contributed by atoms with Crippen molar-refractivity contribution in [2.24, 2.45) is 5.84 Å². The predicted octanol–water partition coefficient (Wildman–Crippen LogP) is 3.84. The molecule has 0 bridgehead atoms. The second kappa shape index (κ2) is 5.21. The van der Waals surface area contributed by atoms with Gasteiger partial charge in [0.1, 0.15) is 11.5 Å². The highest BCUT2D eigenvalue weighted by atomic mass is 79.9. The van der Waals surface area contributed by atoms with Crippen LogP contribution in [0.15, 0.2) is 46.9 Å². The highest BCUT2D eigenvalue weighted by Crippen LogP contribution is 2.27. The van der Waals surface area contributed by atoms with Crippen molar-refractivity contribution < 1.29 is 4.74 Å². The molecule has 0 aliphatic heterocycles. The lowest BCUT2D eigenvalue weighted by Gasteiger charge is -2.09. The molecule has 0 saturated carbocycles. The number of hydrogen-bond acceptors (Lipinski definition) is 3. The lowest BCUT2D eigenvalue weighted by atomic mass is 10.2. The average molecular weight is 293 g/mol. The van der Waals surface area contributed by atoms with Gasteiger partial charge < -0.3 is 10.2 Å². The molecule has 0 amide bonds. The maximum absolute atomic E-state index is 5.74. The number of anilines is 1. The summed E-state index contributed by atoms with van der Waals surface area (Å²) in [6.07, 6.45) is 0. The third-order valence-corrected chi connectivity index (χ3v) is 2.88. The second-order valence-electron chi connectivity index (χ2n) is 3.68. The Morgan fingerprint density at radius 3 is 2.53 bits per heavy atom. The molecule has 4 heteroatoms. The molecule has 0 fully saturated rings. The van der Waals surface area contributed by atoms with E-state index in [0.717, 1.165) is 27.2 Å². The Morgan fingerprint density at radius 1 is 1.12 bits per heavy atom. The van der Waals surface area contributed by atoms with E-state index >= 15 is 0 Å². The van der Waals surface area contributed by atoms with Crippen molar-refractivity contribution in [1.29, 1.82) is 0 Å². The largest absolute Gasteiger partial charge is 0.457 e. The SMILES string of the molecule is Cc1cc(Oc2cccc(Br)c2)ccc1NN. The number of hydrazine groups is 1. The zero-order valence-electron chi connectivity index (χ0n) is 9.41. The van der Waals surface area contributed by atoms with Crippen molar-refractivity contribution >= 4 is 21.6 Å². The van der Waals surface area contributed by atoms with Gasteiger partial charge in [-0.25, -0.2) is 0 Å². The molecule has 3 nitrogen and oxygen atoms in total. The van der Waals surface area contributed by atoms with Crippen LogP contribution in [0.1, 0.15) is 5.56 Å². The van der Waals surface area contributed by atoms with Crippen molar-refractivity contribution in [1.82, 2.24) is 0 Å². The first-order valence-electron chi connectivity index (χ1n) is 5.20. The van der Waals surface area contributed by atoms with E-state index in [4.69, 9.17) is 10.6 Å². The molecule has 0 aromatic heterocycles. The van der Waals surface area contributed by atoms with Crippen molar-refractivity contribution in [2.75, 3.05) is 5.43 Å². The molecule has 0 radical (unpaired) electrons. The first kappa shape index (κ1) is 12.0. The monoisotopic (exact) mass is 292 g/mol. The van der Waals surface area contributed by atoms with Gasteiger partial charge in [0, 0.05) is 4.47 Å². The zero-order valence-corrected chi connectivity index (χ0v) is 11.0. The Bertz CT molecular complexity index is 529. The summed E-state index contributed by atoms with van der Waals surface area (Å²) in [6.45, 7) is 1.98. The van der Waals surface area contributed by atoms with Gasteiger partial charge in [0.15, 0.2) is 0 Å². The molecule has 2 aromatic rings. The fraction of sp³-hybridized carbons (Fsp3) is 0.0769. The van der Waals surface area contributed by atoms with E-state index in [1.54, 1.807) is 0 Å². The average Bonchev–Trinajstić information content (AvgIpc) is 2.29. The molecule has 0 spiro atoms. The van der Waals surface area contributed by atoms with Crippen molar-refractivity contribution in [3.05, 3.63) is 52.5 Å². The number of halogens is 1. The summed E-state index contributed by atoms with van der Waals surface area (Å²) in [7, 11) is 0. The summed E-state index contributed by atoms with van der Waals surface area (Å²) < 4.78 is 6.73. The number of ether oxygens (including phenoxy) is 1. The molecule has 17 heavy (non-hydrogen) atoms. The topological polar surface area (TPSA) is 47.3 Å². The number of nitrogen functional groups attached to an aromatic ring is 1. The van der Waals surface area contributed by atoms with Gasteiger partial charge in [-0.05, 0) is 48.9 Å². The first-order chi connectivity index (χ1) is 8.19. The van der Waals surface area contributed by atoms with Gasteiger partial charge in [-0.3, -0.25) is 5.84 Å². The van der Waals surface area contributed by atoms with Crippen molar-refractivity contribution in [3.8, 4) is 11.5 Å². The minimum Gasteiger partial charge on any atom is -0.457 e. The van der Waals surface area contributed by atoms with E-state index < -0.39 is 0 Å². The van der Waals surface area contributed by atoms with Crippen LogP contribution >= 0.6 is 15.9 Å². The summed E-state index contributed by atoms with van der Waals surface area (Å²) >= 11 is 3.41. The number of nitrogens with two attached hydrogens (primary N) is 1. The minimum atomic E-state index is 0.791. The third-order valence-electron chi connectivity index (χ3n) is 2.39. The number of nitrogens with one attached hydrogen (secondary N) is 1. The van der Waals surface area contributed by atoms with Crippen LogP contribution < -0.4 is 16.0 Å². The number of hydrogen-bond donors (Lipinski definition) is 2. The quantitative estimate of drug-likeness (QED) is 0.667. The summed E-state index contributed by atoms with van der Waals surface area (Å²) in [5.74, 6) is 6.97. The maximum Gasteiger partial charge on any atom is 0.128 e.